The van der Waals surface area contributed by atoms with Crippen LogP contribution in [0.15, 0.2) is 47.1 Å². The van der Waals surface area contributed by atoms with Crippen LogP contribution in [0, 0.1) is 20.8 Å². The van der Waals surface area contributed by atoms with Crippen molar-refractivity contribution in [3.8, 4) is 5.75 Å². The Morgan fingerprint density at radius 2 is 1.82 bits per heavy atom. The Kier molecular flexibility index (Phi) is 7.16. The number of amides is 1. The summed E-state index contributed by atoms with van der Waals surface area (Å²) in [5.41, 5.74) is 3.45. The molecule has 10 heteroatoms. The molecule has 2 heterocycles. The van der Waals surface area contributed by atoms with Crippen LogP contribution in [-0.2, 0) is 13.2 Å². The van der Waals surface area contributed by atoms with Gasteiger partial charge in [-0.2, -0.15) is 5.10 Å². The van der Waals surface area contributed by atoms with Crippen LogP contribution in [0.5, 0.6) is 5.75 Å². The predicted molar refractivity (Wildman–Crippen MR) is 132 cm³/mol. The second kappa shape index (κ2) is 10.1. The summed E-state index contributed by atoms with van der Waals surface area (Å²) in [6.07, 6.45) is 1.60. The van der Waals surface area contributed by atoms with Crippen molar-refractivity contribution in [3.05, 3.63) is 91.4 Å². The van der Waals surface area contributed by atoms with E-state index in [4.69, 9.17) is 44.1 Å². The van der Waals surface area contributed by atoms with Crippen molar-refractivity contribution in [2.75, 3.05) is 5.32 Å². The third kappa shape index (κ3) is 5.22. The molecule has 0 spiro atoms. The summed E-state index contributed by atoms with van der Waals surface area (Å²) in [6.45, 7) is 6.13. The second-order valence-electron chi connectivity index (χ2n) is 7.79. The van der Waals surface area contributed by atoms with Gasteiger partial charge in [0.25, 0.3) is 5.91 Å². The zero-order chi connectivity index (χ0) is 24.4. The molecule has 0 aliphatic heterocycles. The summed E-state index contributed by atoms with van der Waals surface area (Å²) in [6, 6.07) is 11.1. The van der Waals surface area contributed by atoms with E-state index in [0.717, 1.165) is 22.4 Å². The first kappa shape index (κ1) is 24.1. The molecule has 176 valence electrons. The Bertz CT molecular complexity index is 1340. The number of nitrogens with zero attached hydrogens (tertiary/aromatic N) is 3. The quantitative estimate of drug-likeness (QED) is 0.296. The minimum atomic E-state index is -0.506. The Balaban J connectivity index is 1.49. The first-order valence-corrected chi connectivity index (χ1v) is 11.5. The minimum Gasteiger partial charge on any atom is -0.488 e. The number of benzene rings is 2. The van der Waals surface area contributed by atoms with Crippen LogP contribution in [-0.4, -0.2) is 20.8 Å². The molecule has 0 unspecified atom stereocenters. The lowest BCUT2D eigenvalue weighted by Gasteiger charge is -2.12. The average molecular weight is 520 g/mol. The van der Waals surface area contributed by atoms with Crippen LogP contribution in [0.4, 0.5) is 5.82 Å². The Morgan fingerprint density at radius 3 is 2.53 bits per heavy atom. The van der Waals surface area contributed by atoms with Gasteiger partial charge in [-0.25, -0.2) is 0 Å². The third-order valence-electron chi connectivity index (χ3n) is 5.27. The normalized spacial score (nSPS) is 11.0. The van der Waals surface area contributed by atoms with Crippen LogP contribution in [0.25, 0.3) is 0 Å². The van der Waals surface area contributed by atoms with Crippen molar-refractivity contribution >= 4 is 46.5 Å². The van der Waals surface area contributed by atoms with Gasteiger partial charge in [-0.3, -0.25) is 9.48 Å². The summed E-state index contributed by atoms with van der Waals surface area (Å²) in [7, 11) is 0. The number of carbonyl (C=O) groups is 1. The van der Waals surface area contributed by atoms with Crippen molar-refractivity contribution in [2.45, 2.75) is 33.9 Å². The summed E-state index contributed by atoms with van der Waals surface area (Å²) in [4.78, 5) is 13.0. The molecule has 0 fully saturated rings. The summed E-state index contributed by atoms with van der Waals surface area (Å²) >= 11 is 18.5. The second-order valence-corrected chi connectivity index (χ2v) is 9.04. The maximum atomic E-state index is 13.0. The number of ether oxygens (including phenoxy) is 1. The predicted octanol–water partition coefficient (Wildman–Crippen LogP) is 6.64. The molecule has 1 amide bonds. The number of hydrogen-bond donors (Lipinski definition) is 1. The molecule has 0 aliphatic carbocycles. The fourth-order valence-corrected chi connectivity index (χ4v) is 4.13. The van der Waals surface area contributed by atoms with Gasteiger partial charge < -0.3 is 14.6 Å². The van der Waals surface area contributed by atoms with E-state index < -0.39 is 5.91 Å². The van der Waals surface area contributed by atoms with E-state index in [9.17, 15) is 4.79 Å². The standard InChI is InChI=1S/C24H21Cl3N4O3/c1-13-5-4-6-14(2)22(13)33-12-18-15(3)34-30-21(18)24(32)28-23-20(27)11-31(29-23)10-16-7-8-17(25)9-19(16)26/h4-9,11H,10,12H2,1-3H3,(H,28,29,32). The number of anilines is 1. The van der Waals surface area contributed by atoms with Crippen molar-refractivity contribution in [1.29, 1.82) is 0 Å². The molecule has 0 aliphatic rings. The van der Waals surface area contributed by atoms with E-state index in [2.05, 4.69) is 15.6 Å². The molecule has 1 N–H and O–H groups in total. The zero-order valence-electron chi connectivity index (χ0n) is 18.7. The molecule has 0 radical (unpaired) electrons. The van der Waals surface area contributed by atoms with E-state index in [1.807, 2.05) is 32.0 Å². The highest BCUT2D eigenvalue weighted by molar-refractivity contribution is 6.35. The van der Waals surface area contributed by atoms with Crippen LogP contribution in [0.3, 0.4) is 0 Å². The molecular formula is C24H21Cl3N4O3. The number of halogens is 3. The lowest BCUT2D eigenvalue weighted by atomic mass is 10.1. The highest BCUT2D eigenvalue weighted by Crippen LogP contribution is 2.27. The largest absolute Gasteiger partial charge is 0.488 e. The number of hydrogen-bond acceptors (Lipinski definition) is 5. The van der Waals surface area contributed by atoms with Gasteiger partial charge in [0.1, 0.15) is 23.1 Å². The molecule has 0 saturated carbocycles. The van der Waals surface area contributed by atoms with Gasteiger partial charge >= 0.3 is 0 Å². The maximum Gasteiger partial charge on any atom is 0.279 e. The lowest BCUT2D eigenvalue weighted by molar-refractivity contribution is 0.101. The number of rotatable bonds is 7. The van der Waals surface area contributed by atoms with Gasteiger partial charge in [-0.15, -0.1) is 0 Å². The zero-order valence-corrected chi connectivity index (χ0v) is 20.9. The number of para-hydroxylation sites is 1. The van der Waals surface area contributed by atoms with Gasteiger partial charge in [0, 0.05) is 16.2 Å². The number of carbonyl (C=O) groups excluding carboxylic acids is 1. The van der Waals surface area contributed by atoms with Gasteiger partial charge in [0.2, 0.25) is 0 Å². The molecule has 7 nitrogen and oxygen atoms in total. The minimum absolute atomic E-state index is 0.107. The average Bonchev–Trinajstić information content (AvgIpc) is 3.31. The van der Waals surface area contributed by atoms with Gasteiger partial charge in [-0.05, 0) is 49.6 Å². The molecule has 2 aromatic carbocycles. The molecule has 0 bridgehead atoms. The smallest absolute Gasteiger partial charge is 0.279 e. The summed E-state index contributed by atoms with van der Waals surface area (Å²) in [5.74, 6) is 0.940. The molecule has 0 saturated heterocycles. The number of nitrogens with one attached hydrogen (secondary N) is 1. The fourth-order valence-electron chi connectivity index (χ4n) is 3.46. The van der Waals surface area contributed by atoms with Gasteiger partial charge in [0.15, 0.2) is 11.5 Å². The molecule has 4 rings (SSSR count). The SMILES string of the molecule is Cc1cccc(C)c1OCc1c(C(=O)Nc2nn(Cc3ccc(Cl)cc3Cl)cc2Cl)noc1C. The van der Waals surface area contributed by atoms with E-state index >= 15 is 0 Å². The highest BCUT2D eigenvalue weighted by atomic mass is 35.5. The number of aromatic nitrogens is 3. The van der Waals surface area contributed by atoms with Crippen LogP contribution < -0.4 is 10.1 Å². The topological polar surface area (TPSA) is 82.2 Å². The van der Waals surface area contributed by atoms with Crippen molar-refractivity contribution in [1.82, 2.24) is 14.9 Å². The van der Waals surface area contributed by atoms with Crippen molar-refractivity contribution in [3.63, 3.8) is 0 Å². The summed E-state index contributed by atoms with van der Waals surface area (Å²) in [5, 5.41) is 12.3. The highest BCUT2D eigenvalue weighted by Gasteiger charge is 2.23. The Labute approximate surface area is 211 Å². The van der Waals surface area contributed by atoms with Crippen LogP contribution in [0.2, 0.25) is 15.1 Å². The molecule has 34 heavy (non-hydrogen) atoms. The van der Waals surface area contributed by atoms with E-state index in [1.54, 1.807) is 36.0 Å². The van der Waals surface area contributed by atoms with E-state index in [1.165, 1.54) is 0 Å². The Hall–Kier alpha value is -3.00. The fraction of sp³-hybridized carbons (Fsp3) is 0.208. The summed E-state index contributed by atoms with van der Waals surface area (Å²) < 4.78 is 12.8. The van der Waals surface area contributed by atoms with E-state index in [-0.39, 0.29) is 23.1 Å². The maximum absolute atomic E-state index is 13.0. The van der Waals surface area contributed by atoms with Crippen LogP contribution >= 0.6 is 34.8 Å². The molecule has 0 atom stereocenters. The van der Waals surface area contributed by atoms with Crippen LogP contribution in [0.1, 0.15) is 38.5 Å². The van der Waals surface area contributed by atoms with Gasteiger partial charge in [0.05, 0.1) is 12.1 Å². The molecule has 4 aromatic rings. The third-order valence-corrected chi connectivity index (χ3v) is 6.13. The van der Waals surface area contributed by atoms with Crippen molar-refractivity contribution < 1.29 is 14.1 Å². The first-order valence-electron chi connectivity index (χ1n) is 10.4. The lowest BCUT2D eigenvalue weighted by Crippen LogP contribution is -2.16. The van der Waals surface area contributed by atoms with Gasteiger partial charge in [-0.1, -0.05) is 64.2 Å². The monoisotopic (exact) mass is 518 g/mol. The van der Waals surface area contributed by atoms with Crippen molar-refractivity contribution in [2.24, 2.45) is 0 Å². The molecule has 2 aromatic heterocycles. The van der Waals surface area contributed by atoms with E-state index in [0.29, 0.717) is 27.9 Å². The Morgan fingerprint density at radius 1 is 1.09 bits per heavy atom. The first-order chi connectivity index (χ1) is 16.2. The molecular weight excluding hydrogens is 499 g/mol. The number of aryl methyl sites for hydroxylation is 3.